The van der Waals surface area contributed by atoms with Crippen LogP contribution in [-0.2, 0) is 4.74 Å². The maximum atomic E-state index is 9.29. The molecule has 0 spiro atoms. The topological polar surface area (TPSA) is 29.5 Å². The lowest BCUT2D eigenvalue weighted by Gasteiger charge is -2.16. The number of rotatable bonds is 4. The molecule has 0 aliphatic heterocycles. The zero-order chi connectivity index (χ0) is 8.10. The summed E-state index contributed by atoms with van der Waals surface area (Å²) < 4.78 is 5.41. The lowest BCUT2D eigenvalue weighted by Crippen LogP contribution is -2.18. The van der Waals surface area contributed by atoms with Gasteiger partial charge in [0.2, 0.25) is 0 Å². The van der Waals surface area contributed by atoms with Crippen molar-refractivity contribution in [2.45, 2.75) is 57.8 Å². The summed E-state index contributed by atoms with van der Waals surface area (Å²) in [6.07, 6.45) is 6.42. The summed E-state index contributed by atoms with van der Waals surface area (Å²) in [7, 11) is 0. The van der Waals surface area contributed by atoms with E-state index in [9.17, 15) is 5.11 Å². The average molecular weight is 158 g/mol. The van der Waals surface area contributed by atoms with Crippen molar-refractivity contribution in [3.8, 4) is 0 Å². The molecule has 0 aromatic carbocycles. The summed E-state index contributed by atoms with van der Waals surface area (Å²) in [5.41, 5.74) is 0. The normalized spacial score (nSPS) is 22.4. The Kier molecular flexibility index (Phi) is 3.87. The second kappa shape index (κ2) is 4.73. The third kappa shape index (κ3) is 3.21. The molecule has 1 unspecified atom stereocenters. The first-order valence-electron chi connectivity index (χ1n) is 4.66. The van der Waals surface area contributed by atoms with Gasteiger partial charge in [0, 0.05) is 0 Å². The van der Waals surface area contributed by atoms with Gasteiger partial charge in [-0.05, 0) is 19.3 Å². The van der Waals surface area contributed by atoms with Gasteiger partial charge in [-0.2, -0.15) is 0 Å². The van der Waals surface area contributed by atoms with Gasteiger partial charge >= 0.3 is 0 Å². The first-order valence-corrected chi connectivity index (χ1v) is 4.66. The summed E-state index contributed by atoms with van der Waals surface area (Å²) in [6, 6.07) is 0. The highest BCUT2D eigenvalue weighted by Crippen LogP contribution is 2.22. The Hall–Kier alpha value is -0.0800. The van der Waals surface area contributed by atoms with Crippen LogP contribution >= 0.6 is 0 Å². The van der Waals surface area contributed by atoms with E-state index in [2.05, 4.69) is 6.92 Å². The second-order valence-electron chi connectivity index (χ2n) is 3.29. The Morgan fingerprint density at radius 1 is 1.45 bits per heavy atom. The van der Waals surface area contributed by atoms with E-state index in [0.717, 1.165) is 25.7 Å². The van der Waals surface area contributed by atoms with E-state index in [1.807, 2.05) is 0 Å². The van der Waals surface area contributed by atoms with Gasteiger partial charge in [0.05, 0.1) is 6.10 Å². The van der Waals surface area contributed by atoms with Crippen LogP contribution in [0.15, 0.2) is 0 Å². The van der Waals surface area contributed by atoms with Crippen LogP contribution in [-0.4, -0.2) is 17.5 Å². The monoisotopic (exact) mass is 158 g/mol. The molecule has 11 heavy (non-hydrogen) atoms. The van der Waals surface area contributed by atoms with E-state index in [0.29, 0.717) is 6.10 Å². The van der Waals surface area contributed by atoms with Gasteiger partial charge in [0.15, 0.2) is 6.29 Å². The molecule has 1 N–H and O–H groups in total. The van der Waals surface area contributed by atoms with Crippen molar-refractivity contribution in [1.82, 2.24) is 0 Å². The van der Waals surface area contributed by atoms with Crippen molar-refractivity contribution >= 4 is 0 Å². The Bertz CT molecular complexity index is 97.7. The molecular formula is C9H18O2. The van der Waals surface area contributed by atoms with Crippen LogP contribution in [0.4, 0.5) is 0 Å². The molecule has 0 heterocycles. The van der Waals surface area contributed by atoms with Crippen LogP contribution < -0.4 is 0 Å². The summed E-state index contributed by atoms with van der Waals surface area (Å²) in [5, 5.41) is 9.29. The van der Waals surface area contributed by atoms with E-state index >= 15 is 0 Å². The predicted octanol–water partition coefficient (Wildman–Crippen LogP) is 2.06. The highest BCUT2D eigenvalue weighted by molar-refractivity contribution is 4.67. The fourth-order valence-electron chi connectivity index (χ4n) is 1.56. The molecule has 66 valence electrons. The molecule has 2 nitrogen and oxygen atoms in total. The summed E-state index contributed by atoms with van der Waals surface area (Å²) in [6.45, 7) is 2.06. The molecule has 0 saturated heterocycles. The Labute approximate surface area is 68.6 Å². The van der Waals surface area contributed by atoms with Gasteiger partial charge in [-0.25, -0.2) is 0 Å². The smallest absolute Gasteiger partial charge is 0.154 e. The summed E-state index contributed by atoms with van der Waals surface area (Å²) in [5.74, 6) is 0. The Morgan fingerprint density at radius 3 is 2.64 bits per heavy atom. The maximum Gasteiger partial charge on any atom is 0.154 e. The van der Waals surface area contributed by atoms with Crippen LogP contribution in [0.25, 0.3) is 0 Å². The third-order valence-corrected chi connectivity index (χ3v) is 2.19. The lowest BCUT2D eigenvalue weighted by molar-refractivity contribution is -0.136. The molecule has 1 atom stereocenters. The van der Waals surface area contributed by atoms with Crippen molar-refractivity contribution in [2.24, 2.45) is 0 Å². The molecule has 1 rings (SSSR count). The molecule has 1 aliphatic carbocycles. The molecule has 2 heteroatoms. The van der Waals surface area contributed by atoms with Gasteiger partial charge in [-0.15, -0.1) is 0 Å². The van der Waals surface area contributed by atoms with Crippen molar-refractivity contribution in [3.63, 3.8) is 0 Å². The van der Waals surface area contributed by atoms with Crippen molar-refractivity contribution in [1.29, 1.82) is 0 Å². The van der Waals surface area contributed by atoms with E-state index in [1.165, 1.54) is 12.8 Å². The van der Waals surface area contributed by atoms with Gasteiger partial charge in [0.25, 0.3) is 0 Å². The quantitative estimate of drug-likeness (QED) is 0.635. The van der Waals surface area contributed by atoms with Gasteiger partial charge in [-0.1, -0.05) is 26.2 Å². The van der Waals surface area contributed by atoms with Crippen molar-refractivity contribution < 1.29 is 9.84 Å². The zero-order valence-electron chi connectivity index (χ0n) is 7.25. The predicted molar refractivity (Wildman–Crippen MR) is 44.3 cm³/mol. The van der Waals surface area contributed by atoms with Crippen LogP contribution in [0.2, 0.25) is 0 Å². The van der Waals surface area contributed by atoms with E-state index in [1.54, 1.807) is 0 Å². The minimum atomic E-state index is -0.511. The zero-order valence-corrected chi connectivity index (χ0v) is 7.25. The fourth-order valence-corrected chi connectivity index (χ4v) is 1.56. The highest BCUT2D eigenvalue weighted by Gasteiger charge is 2.18. The number of hydrogen-bond acceptors (Lipinski definition) is 2. The standard InChI is InChI=1S/C9H18O2/c1-2-5-9(10)11-8-6-3-4-7-8/h8-10H,2-7H2,1H3. The van der Waals surface area contributed by atoms with Crippen LogP contribution in [0.1, 0.15) is 45.4 Å². The van der Waals surface area contributed by atoms with E-state index in [-0.39, 0.29) is 0 Å². The molecular weight excluding hydrogens is 140 g/mol. The van der Waals surface area contributed by atoms with Gasteiger partial charge in [0.1, 0.15) is 0 Å². The van der Waals surface area contributed by atoms with Crippen LogP contribution in [0.3, 0.4) is 0 Å². The molecule has 1 aliphatic rings. The number of aliphatic hydroxyl groups excluding tert-OH is 1. The fraction of sp³-hybridized carbons (Fsp3) is 1.00. The first kappa shape index (κ1) is 9.01. The second-order valence-corrected chi connectivity index (χ2v) is 3.29. The maximum absolute atomic E-state index is 9.29. The van der Waals surface area contributed by atoms with E-state index < -0.39 is 6.29 Å². The molecule has 0 radical (unpaired) electrons. The molecule has 1 fully saturated rings. The third-order valence-electron chi connectivity index (χ3n) is 2.19. The Morgan fingerprint density at radius 2 is 2.09 bits per heavy atom. The molecule has 0 bridgehead atoms. The molecule has 1 saturated carbocycles. The first-order chi connectivity index (χ1) is 5.33. The summed E-state index contributed by atoms with van der Waals surface area (Å²) >= 11 is 0. The highest BCUT2D eigenvalue weighted by atomic mass is 16.6. The minimum Gasteiger partial charge on any atom is -0.368 e. The van der Waals surface area contributed by atoms with Gasteiger partial charge in [-0.3, -0.25) is 0 Å². The van der Waals surface area contributed by atoms with Crippen LogP contribution in [0, 0.1) is 0 Å². The van der Waals surface area contributed by atoms with Crippen molar-refractivity contribution in [2.75, 3.05) is 0 Å². The van der Waals surface area contributed by atoms with E-state index in [4.69, 9.17) is 4.74 Å². The minimum absolute atomic E-state index is 0.344. The molecule has 0 aromatic rings. The van der Waals surface area contributed by atoms with Gasteiger partial charge < -0.3 is 9.84 Å². The van der Waals surface area contributed by atoms with Crippen molar-refractivity contribution in [3.05, 3.63) is 0 Å². The number of aliphatic hydroxyl groups is 1. The summed E-state index contributed by atoms with van der Waals surface area (Å²) in [4.78, 5) is 0. The number of ether oxygens (including phenoxy) is 1. The largest absolute Gasteiger partial charge is 0.368 e. The molecule has 0 amide bonds. The lowest BCUT2D eigenvalue weighted by atomic mass is 10.3. The van der Waals surface area contributed by atoms with Crippen LogP contribution in [0.5, 0.6) is 0 Å². The molecule has 0 aromatic heterocycles. The number of hydrogen-bond donors (Lipinski definition) is 1. The average Bonchev–Trinajstić information content (AvgIpc) is 2.40. The Balaban J connectivity index is 2.08. The SMILES string of the molecule is CCCC(O)OC1CCCC1.